The van der Waals surface area contributed by atoms with E-state index in [0.29, 0.717) is 12.4 Å². The van der Waals surface area contributed by atoms with Crippen LogP contribution in [0.1, 0.15) is 12.5 Å². The lowest BCUT2D eigenvalue weighted by Gasteiger charge is -2.24. The van der Waals surface area contributed by atoms with E-state index in [0.717, 1.165) is 5.56 Å². The molecule has 0 aliphatic carbocycles. The number of aliphatic carboxylic acids is 1. The number of carboxylic acids is 1. The maximum absolute atomic E-state index is 11.4. The first kappa shape index (κ1) is 13.1. The molecule has 1 atom stereocenters. The third kappa shape index (κ3) is 3.00. The average Bonchev–Trinajstić information content (AvgIpc) is 2.30. The number of thioether (sulfide) groups is 1. The Hall–Kier alpha value is -1.00. The molecule has 1 N–H and O–H groups in total. The van der Waals surface area contributed by atoms with Crippen LogP contribution in [-0.4, -0.2) is 30.5 Å². The van der Waals surface area contributed by atoms with Gasteiger partial charge in [-0.3, -0.25) is 4.79 Å². The van der Waals surface area contributed by atoms with E-state index in [2.05, 4.69) is 0 Å². The summed E-state index contributed by atoms with van der Waals surface area (Å²) in [5, 5.41) is 9.32. The average molecular weight is 240 g/mol. The molecule has 0 bridgehead atoms. The Morgan fingerprint density at radius 1 is 1.44 bits per heavy atom. The van der Waals surface area contributed by atoms with Crippen molar-refractivity contribution in [3.05, 3.63) is 35.9 Å². The molecule has 1 aromatic rings. The minimum atomic E-state index is -0.903. The summed E-state index contributed by atoms with van der Waals surface area (Å²) in [4.78, 5) is 11.4. The van der Waals surface area contributed by atoms with Gasteiger partial charge in [0.05, 0.1) is 6.61 Å². The highest BCUT2D eigenvalue weighted by molar-refractivity contribution is 8.00. The van der Waals surface area contributed by atoms with Crippen molar-refractivity contribution in [2.75, 3.05) is 19.5 Å². The van der Waals surface area contributed by atoms with Crippen molar-refractivity contribution >= 4 is 17.7 Å². The molecule has 1 aromatic carbocycles. The fourth-order valence-electron chi connectivity index (χ4n) is 1.35. The van der Waals surface area contributed by atoms with Gasteiger partial charge < -0.3 is 9.84 Å². The molecule has 0 saturated carbocycles. The molecule has 1 unspecified atom stereocenters. The minimum Gasteiger partial charge on any atom is -0.480 e. The van der Waals surface area contributed by atoms with Gasteiger partial charge in [0.1, 0.15) is 4.75 Å². The highest BCUT2D eigenvalue weighted by Gasteiger charge is 2.35. The van der Waals surface area contributed by atoms with E-state index in [1.54, 1.807) is 14.0 Å². The third-order valence-corrected chi connectivity index (χ3v) is 3.77. The molecule has 88 valence electrons. The molecule has 16 heavy (non-hydrogen) atoms. The van der Waals surface area contributed by atoms with Gasteiger partial charge in [-0.15, -0.1) is 11.8 Å². The van der Waals surface area contributed by atoms with Crippen molar-refractivity contribution < 1.29 is 14.6 Å². The SMILES string of the molecule is COCCSC(C)(C(=O)O)c1ccccc1. The summed E-state index contributed by atoms with van der Waals surface area (Å²) in [6.45, 7) is 2.28. The fourth-order valence-corrected chi connectivity index (χ4v) is 2.44. The molecular formula is C12H16O3S. The van der Waals surface area contributed by atoms with E-state index in [1.165, 1.54) is 11.8 Å². The maximum atomic E-state index is 11.4. The molecule has 0 heterocycles. The fraction of sp³-hybridized carbons (Fsp3) is 0.417. The minimum absolute atomic E-state index is 0.556. The smallest absolute Gasteiger partial charge is 0.324 e. The zero-order valence-electron chi connectivity index (χ0n) is 9.47. The van der Waals surface area contributed by atoms with Crippen molar-refractivity contribution in [1.29, 1.82) is 0 Å². The van der Waals surface area contributed by atoms with Crippen LogP contribution in [-0.2, 0) is 14.3 Å². The van der Waals surface area contributed by atoms with E-state index >= 15 is 0 Å². The van der Waals surface area contributed by atoms with E-state index < -0.39 is 10.7 Å². The summed E-state index contributed by atoms with van der Waals surface area (Å²) >= 11 is 1.39. The van der Waals surface area contributed by atoms with Crippen LogP contribution in [0.25, 0.3) is 0 Å². The van der Waals surface area contributed by atoms with Crippen LogP contribution in [0.3, 0.4) is 0 Å². The molecule has 3 nitrogen and oxygen atoms in total. The zero-order valence-corrected chi connectivity index (χ0v) is 10.3. The van der Waals surface area contributed by atoms with Crippen LogP contribution >= 0.6 is 11.8 Å². The Morgan fingerprint density at radius 3 is 2.56 bits per heavy atom. The summed E-state index contributed by atoms with van der Waals surface area (Å²) in [6.07, 6.45) is 0. The number of hydrogen-bond acceptors (Lipinski definition) is 3. The number of carbonyl (C=O) groups is 1. The summed E-state index contributed by atoms with van der Waals surface area (Å²) in [6, 6.07) is 9.27. The van der Waals surface area contributed by atoms with E-state index in [1.807, 2.05) is 30.3 Å². The normalized spacial score (nSPS) is 14.4. The maximum Gasteiger partial charge on any atom is 0.324 e. The van der Waals surface area contributed by atoms with Gasteiger partial charge in [-0.05, 0) is 12.5 Å². The molecule has 0 fully saturated rings. The summed E-state index contributed by atoms with van der Waals surface area (Å²) < 4.78 is 4.04. The first-order valence-electron chi connectivity index (χ1n) is 5.03. The lowest BCUT2D eigenvalue weighted by molar-refractivity contribution is -0.139. The number of methoxy groups -OCH3 is 1. The van der Waals surface area contributed by atoms with Crippen molar-refractivity contribution in [1.82, 2.24) is 0 Å². The molecule has 0 aromatic heterocycles. The van der Waals surface area contributed by atoms with Gasteiger partial charge in [-0.1, -0.05) is 30.3 Å². The topological polar surface area (TPSA) is 46.5 Å². The second kappa shape index (κ2) is 5.92. The molecular weight excluding hydrogens is 224 g/mol. The van der Waals surface area contributed by atoms with Gasteiger partial charge in [-0.25, -0.2) is 0 Å². The largest absolute Gasteiger partial charge is 0.480 e. The van der Waals surface area contributed by atoms with E-state index in [9.17, 15) is 9.90 Å². The van der Waals surface area contributed by atoms with Crippen LogP contribution < -0.4 is 0 Å². The van der Waals surface area contributed by atoms with Gasteiger partial charge in [0, 0.05) is 12.9 Å². The predicted molar refractivity (Wildman–Crippen MR) is 65.8 cm³/mol. The Labute approximate surface area is 99.8 Å². The number of carboxylic acid groups (broad SMARTS) is 1. The summed E-state index contributed by atoms with van der Waals surface area (Å²) in [7, 11) is 1.61. The highest BCUT2D eigenvalue weighted by Crippen LogP contribution is 2.36. The summed E-state index contributed by atoms with van der Waals surface area (Å²) in [5.74, 6) is -0.159. The van der Waals surface area contributed by atoms with Gasteiger partial charge >= 0.3 is 5.97 Å². The molecule has 0 amide bonds. The Kier molecular flexibility index (Phi) is 4.83. The van der Waals surface area contributed by atoms with Crippen molar-refractivity contribution in [3.63, 3.8) is 0 Å². The van der Waals surface area contributed by atoms with Gasteiger partial charge in [-0.2, -0.15) is 0 Å². The Bertz CT molecular complexity index is 339. The van der Waals surface area contributed by atoms with E-state index in [4.69, 9.17) is 4.74 Å². The van der Waals surface area contributed by atoms with Crippen molar-refractivity contribution in [3.8, 4) is 0 Å². The number of benzene rings is 1. The summed E-state index contributed by atoms with van der Waals surface area (Å²) in [5.41, 5.74) is 0.809. The predicted octanol–water partition coefficient (Wildman–Crippen LogP) is 2.37. The molecule has 0 saturated heterocycles. The zero-order chi connectivity index (χ0) is 12.0. The third-order valence-electron chi connectivity index (χ3n) is 2.41. The lowest BCUT2D eigenvalue weighted by Crippen LogP contribution is -2.29. The standard InChI is InChI=1S/C12H16O3S/c1-12(11(13)14,16-9-8-15-2)10-6-4-3-5-7-10/h3-7H,8-9H2,1-2H3,(H,13,14). The Balaban J connectivity index is 2.85. The number of rotatable bonds is 6. The van der Waals surface area contributed by atoms with Gasteiger partial charge in [0.2, 0.25) is 0 Å². The van der Waals surface area contributed by atoms with Gasteiger partial charge in [0.15, 0.2) is 0 Å². The molecule has 0 radical (unpaired) electrons. The van der Waals surface area contributed by atoms with Crippen LogP contribution in [0.4, 0.5) is 0 Å². The van der Waals surface area contributed by atoms with Crippen LogP contribution in [0.15, 0.2) is 30.3 Å². The Morgan fingerprint density at radius 2 is 2.06 bits per heavy atom. The first-order chi connectivity index (χ1) is 7.61. The molecule has 4 heteroatoms. The molecule has 0 aliphatic heterocycles. The number of ether oxygens (including phenoxy) is 1. The van der Waals surface area contributed by atoms with Crippen LogP contribution in [0.2, 0.25) is 0 Å². The van der Waals surface area contributed by atoms with E-state index in [-0.39, 0.29) is 0 Å². The monoisotopic (exact) mass is 240 g/mol. The first-order valence-corrected chi connectivity index (χ1v) is 6.01. The second-order valence-electron chi connectivity index (χ2n) is 3.55. The quantitative estimate of drug-likeness (QED) is 0.775. The molecule has 0 aliphatic rings. The van der Waals surface area contributed by atoms with Crippen molar-refractivity contribution in [2.45, 2.75) is 11.7 Å². The highest BCUT2D eigenvalue weighted by atomic mass is 32.2. The van der Waals surface area contributed by atoms with Crippen LogP contribution in [0.5, 0.6) is 0 Å². The second-order valence-corrected chi connectivity index (χ2v) is 5.06. The molecule has 0 spiro atoms. The molecule has 1 rings (SSSR count). The van der Waals surface area contributed by atoms with Crippen LogP contribution in [0, 0.1) is 0 Å². The van der Waals surface area contributed by atoms with Gasteiger partial charge in [0.25, 0.3) is 0 Å². The lowest BCUT2D eigenvalue weighted by atomic mass is 10.0. The number of hydrogen-bond donors (Lipinski definition) is 1. The van der Waals surface area contributed by atoms with Crippen molar-refractivity contribution in [2.24, 2.45) is 0 Å².